The van der Waals surface area contributed by atoms with Gasteiger partial charge in [-0.25, -0.2) is 0 Å². The van der Waals surface area contributed by atoms with E-state index in [0.29, 0.717) is 6.42 Å². The van der Waals surface area contributed by atoms with Crippen LogP contribution in [0.4, 0.5) is 0 Å². The van der Waals surface area contributed by atoms with Gasteiger partial charge in [0.25, 0.3) is 0 Å². The van der Waals surface area contributed by atoms with Crippen molar-refractivity contribution in [2.24, 2.45) is 0 Å². The molecule has 42 valence electrons. The Morgan fingerprint density at radius 3 is 2.88 bits per heavy atom. The zero-order chi connectivity index (χ0) is 5.98. The van der Waals surface area contributed by atoms with E-state index in [1.165, 1.54) is 0 Å². The Morgan fingerprint density at radius 2 is 2.62 bits per heavy atom. The second-order valence-corrected chi connectivity index (χ2v) is 7.14. The zero-order valence-electron chi connectivity index (χ0n) is 4.14. The van der Waals surface area contributed by atoms with Gasteiger partial charge < -0.3 is 0 Å². The van der Waals surface area contributed by atoms with Crippen LogP contribution in [0.15, 0.2) is 0 Å². The molecule has 0 amide bonds. The third-order valence-electron chi connectivity index (χ3n) is 0.875. The Balaban J connectivity index is 2.32. The van der Waals surface area contributed by atoms with E-state index in [-0.39, 0.29) is 5.97 Å². The van der Waals surface area contributed by atoms with Crippen LogP contribution in [-0.2, 0) is 11.3 Å². The molecule has 0 aliphatic carbocycles. The molecule has 1 aliphatic rings. The van der Waals surface area contributed by atoms with E-state index in [1.54, 1.807) is 16.9 Å². The van der Waals surface area contributed by atoms with Gasteiger partial charge in [-0.2, -0.15) is 0 Å². The summed E-state index contributed by atoms with van der Waals surface area (Å²) in [6, 6.07) is 0. The maximum absolute atomic E-state index is 10.4. The number of rotatable bonds is 1. The third-order valence-corrected chi connectivity index (χ3v) is 6.17. The van der Waals surface area contributed by atoms with Gasteiger partial charge in [0.05, 0.1) is 0 Å². The summed E-state index contributed by atoms with van der Waals surface area (Å²) in [5.74, 6) is -0.0816. The molecule has 1 rings (SSSR count). The summed E-state index contributed by atoms with van der Waals surface area (Å²) in [7, 11) is 0. The quantitative estimate of drug-likeness (QED) is 0.574. The van der Waals surface area contributed by atoms with Gasteiger partial charge in [-0.1, -0.05) is 0 Å². The molecule has 0 aromatic rings. The van der Waals surface area contributed by atoms with E-state index in [1.807, 2.05) is 0 Å². The molecule has 1 saturated heterocycles. The van der Waals surface area contributed by atoms with Gasteiger partial charge in [0, 0.05) is 0 Å². The van der Waals surface area contributed by atoms with Gasteiger partial charge in [-0.15, -0.1) is 0 Å². The van der Waals surface area contributed by atoms with Crippen LogP contribution in [0.1, 0.15) is 6.42 Å². The summed E-state index contributed by atoms with van der Waals surface area (Å²) in [5.41, 5.74) is 0. The van der Waals surface area contributed by atoms with Crippen molar-refractivity contribution in [1.82, 2.24) is 0 Å². The van der Waals surface area contributed by atoms with Gasteiger partial charge in [0.2, 0.25) is 0 Å². The molecule has 0 unspecified atom stereocenters. The molecule has 1 heterocycles. The summed E-state index contributed by atoms with van der Waals surface area (Å²) in [6.07, 6.45) is 0.573. The molecule has 0 aromatic heterocycles. The van der Waals surface area contributed by atoms with E-state index in [2.05, 4.69) is 0 Å². The average molecular weight is 233 g/mol. The predicted octanol–water partition coefficient (Wildman–Crippen LogP) is -0.478. The van der Waals surface area contributed by atoms with Gasteiger partial charge in [-0.3, -0.25) is 0 Å². The summed E-state index contributed by atoms with van der Waals surface area (Å²) < 4.78 is 9.72. The number of carbonyl (C=O) groups is 1. The van der Waals surface area contributed by atoms with E-state index < -0.39 is 15.0 Å². The van der Waals surface area contributed by atoms with Crippen LogP contribution in [0.5, 0.6) is 0 Å². The second kappa shape index (κ2) is 2.89. The summed E-state index contributed by atoms with van der Waals surface area (Å²) in [4.78, 5) is 10.4. The minimum absolute atomic E-state index is 0.0816. The van der Waals surface area contributed by atoms with Crippen LogP contribution in [-0.4, -0.2) is 37.8 Å². The molecule has 3 nitrogen and oxygen atoms in total. The van der Waals surface area contributed by atoms with Gasteiger partial charge in [0.15, 0.2) is 0 Å². The molecule has 0 saturated carbocycles. The molecule has 4 radical (unpaired) electrons. The summed E-state index contributed by atoms with van der Waals surface area (Å²) in [6.45, 7) is 0. The van der Waals surface area contributed by atoms with Crippen molar-refractivity contribution in [2.45, 2.75) is 11.7 Å². The number of hydrogen-bond donors (Lipinski definition) is 0. The number of hydrogen-bond acceptors (Lipinski definition) is 3. The minimum atomic E-state index is -1.71. The SMILES string of the molecule is O=C1C[CH2][Ge]([O][Ge])[O]1. The topological polar surface area (TPSA) is 35.5 Å². The van der Waals surface area contributed by atoms with Crippen molar-refractivity contribution in [3.8, 4) is 0 Å². The molecular weight excluding hydrogens is 229 g/mol. The van der Waals surface area contributed by atoms with E-state index in [9.17, 15) is 4.79 Å². The fourth-order valence-electron chi connectivity index (χ4n) is 0.505. The normalized spacial score (nSPS) is 21.4. The van der Waals surface area contributed by atoms with Crippen molar-refractivity contribution < 1.29 is 11.3 Å². The molecule has 0 N–H and O–H groups in total. The van der Waals surface area contributed by atoms with Gasteiger partial charge in [-0.05, 0) is 0 Å². The first kappa shape index (κ1) is 6.63. The van der Waals surface area contributed by atoms with Crippen LogP contribution in [0.3, 0.4) is 0 Å². The van der Waals surface area contributed by atoms with Crippen molar-refractivity contribution in [2.75, 3.05) is 0 Å². The Morgan fingerprint density at radius 1 is 1.88 bits per heavy atom. The Bertz CT molecular complexity index is 105. The van der Waals surface area contributed by atoms with Crippen molar-refractivity contribution in [3.63, 3.8) is 0 Å². The van der Waals surface area contributed by atoms with Crippen LogP contribution in [0.25, 0.3) is 0 Å². The molecule has 0 atom stereocenters. The molecule has 0 aromatic carbocycles. The van der Waals surface area contributed by atoms with E-state index in [0.717, 1.165) is 5.25 Å². The first-order valence-corrected chi connectivity index (χ1v) is 6.28. The Hall–Kier alpha value is 0.516. The van der Waals surface area contributed by atoms with E-state index >= 15 is 0 Å². The Kier molecular flexibility index (Phi) is 2.39. The predicted molar refractivity (Wildman–Crippen MR) is 28.1 cm³/mol. The van der Waals surface area contributed by atoms with Gasteiger partial charge >= 0.3 is 60.9 Å². The molecule has 1 fully saturated rings. The fraction of sp³-hybridized carbons (Fsp3) is 0.667. The second-order valence-electron chi connectivity index (χ2n) is 1.45. The Labute approximate surface area is 61.1 Å². The maximum atomic E-state index is 10.4. The zero-order valence-corrected chi connectivity index (χ0v) is 8.34. The average Bonchev–Trinajstić information content (AvgIpc) is 2.14. The first-order chi connectivity index (χ1) is 3.83. The van der Waals surface area contributed by atoms with Crippen LogP contribution >= 0.6 is 0 Å². The molecule has 0 spiro atoms. The third kappa shape index (κ3) is 1.49. The standard InChI is InChI=1S/C3H4Ge2O3/c4-8-5-2-1-3(6)7-5/h1-2H2. The van der Waals surface area contributed by atoms with E-state index in [4.69, 9.17) is 6.55 Å². The van der Waals surface area contributed by atoms with Crippen LogP contribution in [0, 0.1) is 0 Å². The molecule has 0 bridgehead atoms. The summed E-state index contributed by atoms with van der Waals surface area (Å²) >= 11 is -0.101. The van der Waals surface area contributed by atoms with Crippen LogP contribution in [0.2, 0.25) is 5.25 Å². The molecular formula is C3H4Ge2O3. The fourth-order valence-corrected chi connectivity index (χ4v) is 4.19. The first-order valence-electron chi connectivity index (χ1n) is 2.23. The molecule has 5 heteroatoms. The van der Waals surface area contributed by atoms with Gasteiger partial charge in [0.1, 0.15) is 0 Å². The van der Waals surface area contributed by atoms with Crippen molar-refractivity contribution in [1.29, 1.82) is 0 Å². The summed E-state index contributed by atoms with van der Waals surface area (Å²) in [5, 5.41) is 0.870. The number of carbonyl (C=O) groups excluding carboxylic acids is 1. The monoisotopic (exact) mass is 236 g/mol. The van der Waals surface area contributed by atoms with Crippen molar-refractivity contribution >= 4 is 37.8 Å². The van der Waals surface area contributed by atoms with Crippen LogP contribution < -0.4 is 0 Å². The van der Waals surface area contributed by atoms with Crippen molar-refractivity contribution in [3.05, 3.63) is 0 Å². The molecule has 1 aliphatic heterocycles. The molecule has 8 heavy (non-hydrogen) atoms.